The van der Waals surface area contributed by atoms with Crippen LogP contribution in [0.2, 0.25) is 0 Å². The van der Waals surface area contributed by atoms with Crippen molar-refractivity contribution in [2.24, 2.45) is 10.7 Å². The smallest absolute Gasteiger partial charge is 0.249 e. The summed E-state index contributed by atoms with van der Waals surface area (Å²) in [4.78, 5) is 27.1. The molecule has 0 radical (unpaired) electrons. The number of nitrogens with one attached hydrogen (secondary N) is 1. The molecular weight excluding hydrogens is 294 g/mol. The number of nitrogens with two attached hydrogens (primary N) is 1. The summed E-state index contributed by atoms with van der Waals surface area (Å²) < 4.78 is 10.3. The van der Waals surface area contributed by atoms with Crippen LogP contribution in [0.5, 0.6) is 11.5 Å². The third kappa shape index (κ3) is 3.66. The van der Waals surface area contributed by atoms with Gasteiger partial charge >= 0.3 is 0 Å². The number of nitrogens with zero attached hydrogens (tertiary/aromatic N) is 1. The summed E-state index contributed by atoms with van der Waals surface area (Å²) in [6, 6.07) is 5.03. The Labute approximate surface area is 125 Å². The first kappa shape index (κ1) is 15.2. The van der Waals surface area contributed by atoms with Crippen LogP contribution < -0.4 is 20.5 Å². The molecule has 8 heteroatoms. The predicted octanol–water partition coefficient (Wildman–Crippen LogP) is 0.989. The zero-order valence-corrected chi connectivity index (χ0v) is 12.4. The lowest BCUT2D eigenvalue weighted by molar-refractivity contribution is -0.121. The highest BCUT2D eigenvalue weighted by Gasteiger charge is 2.28. The van der Waals surface area contributed by atoms with Crippen LogP contribution in [0.25, 0.3) is 0 Å². The van der Waals surface area contributed by atoms with Crippen molar-refractivity contribution in [3.05, 3.63) is 18.2 Å². The number of anilines is 1. The zero-order chi connectivity index (χ0) is 15.4. The first-order valence-electron chi connectivity index (χ1n) is 6.10. The molecule has 2 amide bonds. The van der Waals surface area contributed by atoms with Gasteiger partial charge in [-0.1, -0.05) is 11.8 Å². The minimum absolute atomic E-state index is 0.0235. The Hall–Kier alpha value is -2.22. The Kier molecular flexibility index (Phi) is 4.69. The summed E-state index contributed by atoms with van der Waals surface area (Å²) in [5.41, 5.74) is 6.01. The van der Waals surface area contributed by atoms with Crippen LogP contribution in [0.1, 0.15) is 6.42 Å². The van der Waals surface area contributed by atoms with Crippen molar-refractivity contribution in [3.63, 3.8) is 0 Å². The maximum atomic E-state index is 12.2. The van der Waals surface area contributed by atoms with Crippen molar-refractivity contribution < 1.29 is 19.1 Å². The van der Waals surface area contributed by atoms with Crippen LogP contribution in [0.4, 0.5) is 5.69 Å². The summed E-state index contributed by atoms with van der Waals surface area (Å²) in [6.07, 6.45) is 0.0235. The van der Waals surface area contributed by atoms with Gasteiger partial charge in [0.25, 0.3) is 0 Å². The Morgan fingerprint density at radius 3 is 2.81 bits per heavy atom. The molecule has 21 heavy (non-hydrogen) atoms. The number of carbonyl (C=O) groups is 2. The molecular formula is C13H15N3O4S. The van der Waals surface area contributed by atoms with Gasteiger partial charge in [0.15, 0.2) is 5.17 Å². The highest BCUT2D eigenvalue weighted by Crippen LogP contribution is 2.30. The molecule has 3 N–H and O–H groups in total. The molecule has 1 aromatic rings. The van der Waals surface area contributed by atoms with Gasteiger partial charge in [-0.2, -0.15) is 4.99 Å². The molecule has 1 aromatic carbocycles. The molecule has 112 valence electrons. The topological polar surface area (TPSA) is 103 Å². The van der Waals surface area contributed by atoms with Gasteiger partial charge in [-0.05, 0) is 12.1 Å². The van der Waals surface area contributed by atoms with E-state index in [1.54, 1.807) is 25.3 Å². The van der Waals surface area contributed by atoms with Gasteiger partial charge in [-0.3, -0.25) is 9.59 Å². The fourth-order valence-corrected chi connectivity index (χ4v) is 2.64. The molecule has 0 saturated carbocycles. The molecule has 1 aliphatic rings. The summed E-state index contributed by atoms with van der Waals surface area (Å²) in [5, 5.41) is 2.23. The Balaban J connectivity index is 2.13. The number of benzene rings is 1. The van der Waals surface area contributed by atoms with Gasteiger partial charge in [0, 0.05) is 6.07 Å². The first-order valence-corrected chi connectivity index (χ1v) is 6.98. The molecule has 2 rings (SSSR count). The molecule has 1 heterocycles. The number of ether oxygens (including phenoxy) is 2. The molecule has 1 atom stereocenters. The van der Waals surface area contributed by atoms with Crippen molar-refractivity contribution in [2.75, 3.05) is 19.5 Å². The number of hydrogen-bond donors (Lipinski definition) is 2. The quantitative estimate of drug-likeness (QED) is 0.859. The average Bonchev–Trinajstić information content (AvgIpc) is 2.46. The largest absolute Gasteiger partial charge is 0.497 e. The number of amides is 2. The number of amidine groups is 1. The van der Waals surface area contributed by atoms with Crippen LogP contribution in [-0.2, 0) is 9.59 Å². The number of rotatable bonds is 4. The number of carbonyl (C=O) groups excluding carboxylic acids is 2. The van der Waals surface area contributed by atoms with Crippen molar-refractivity contribution in [2.45, 2.75) is 11.7 Å². The van der Waals surface area contributed by atoms with Crippen molar-refractivity contribution in [1.29, 1.82) is 0 Å². The summed E-state index contributed by atoms with van der Waals surface area (Å²) >= 11 is 1.07. The van der Waals surface area contributed by atoms with Crippen molar-refractivity contribution >= 4 is 34.4 Å². The van der Waals surface area contributed by atoms with Crippen LogP contribution in [0.15, 0.2) is 23.2 Å². The van der Waals surface area contributed by atoms with Gasteiger partial charge in [-0.15, -0.1) is 0 Å². The highest BCUT2D eigenvalue weighted by atomic mass is 32.2. The zero-order valence-electron chi connectivity index (χ0n) is 11.6. The molecule has 0 aliphatic carbocycles. The van der Waals surface area contributed by atoms with Crippen LogP contribution in [0, 0.1) is 0 Å². The maximum Gasteiger partial charge on any atom is 0.249 e. The lowest BCUT2D eigenvalue weighted by Gasteiger charge is -2.19. The van der Waals surface area contributed by atoms with Gasteiger partial charge in [0.2, 0.25) is 11.8 Å². The minimum atomic E-state index is -0.596. The van der Waals surface area contributed by atoms with E-state index in [9.17, 15) is 9.59 Å². The van der Waals surface area contributed by atoms with Gasteiger partial charge in [0.05, 0.1) is 26.3 Å². The van der Waals surface area contributed by atoms with Crippen LogP contribution in [-0.4, -0.2) is 36.5 Å². The molecule has 0 saturated heterocycles. The third-order valence-corrected chi connectivity index (χ3v) is 3.81. The second kappa shape index (κ2) is 6.49. The van der Waals surface area contributed by atoms with Crippen molar-refractivity contribution in [3.8, 4) is 11.5 Å². The summed E-state index contributed by atoms with van der Waals surface area (Å²) in [5.74, 6) is 0.364. The van der Waals surface area contributed by atoms with E-state index in [0.29, 0.717) is 17.2 Å². The Morgan fingerprint density at radius 1 is 1.43 bits per heavy atom. The Morgan fingerprint density at radius 2 is 2.19 bits per heavy atom. The minimum Gasteiger partial charge on any atom is -0.497 e. The van der Waals surface area contributed by atoms with Crippen LogP contribution >= 0.6 is 11.8 Å². The fraction of sp³-hybridized carbons (Fsp3) is 0.308. The third-order valence-electron chi connectivity index (χ3n) is 2.82. The van der Waals surface area contributed by atoms with E-state index in [-0.39, 0.29) is 17.5 Å². The SMILES string of the molecule is COc1ccc(NC(=O)[C@@H]2CC(=O)N=C(N)S2)c(OC)c1. The second-order valence-electron chi connectivity index (χ2n) is 4.21. The van der Waals surface area contributed by atoms with E-state index in [2.05, 4.69) is 10.3 Å². The molecule has 0 fully saturated rings. The number of methoxy groups -OCH3 is 2. The molecule has 7 nitrogen and oxygen atoms in total. The monoisotopic (exact) mass is 309 g/mol. The van der Waals surface area contributed by atoms with E-state index in [1.807, 2.05) is 0 Å². The van der Waals surface area contributed by atoms with E-state index in [4.69, 9.17) is 15.2 Å². The first-order chi connectivity index (χ1) is 10.0. The normalized spacial score (nSPS) is 17.9. The summed E-state index contributed by atoms with van der Waals surface area (Å²) in [7, 11) is 3.04. The average molecular weight is 309 g/mol. The highest BCUT2D eigenvalue weighted by molar-refractivity contribution is 8.15. The molecule has 0 unspecified atom stereocenters. The lowest BCUT2D eigenvalue weighted by atomic mass is 10.2. The maximum absolute atomic E-state index is 12.2. The van der Waals surface area contributed by atoms with Crippen LogP contribution in [0.3, 0.4) is 0 Å². The second-order valence-corrected chi connectivity index (χ2v) is 5.43. The van der Waals surface area contributed by atoms with Gasteiger partial charge < -0.3 is 20.5 Å². The van der Waals surface area contributed by atoms with E-state index in [0.717, 1.165) is 11.8 Å². The molecule has 0 bridgehead atoms. The lowest BCUT2D eigenvalue weighted by Crippen LogP contribution is -2.33. The van der Waals surface area contributed by atoms with Crippen molar-refractivity contribution in [1.82, 2.24) is 0 Å². The number of aliphatic imine (C=N–C) groups is 1. The molecule has 1 aliphatic heterocycles. The number of thioether (sulfide) groups is 1. The van der Waals surface area contributed by atoms with E-state index in [1.165, 1.54) is 7.11 Å². The van der Waals surface area contributed by atoms with E-state index < -0.39 is 11.2 Å². The molecule has 0 aromatic heterocycles. The standard InChI is InChI=1S/C13H15N3O4S/c1-19-7-3-4-8(9(5-7)20-2)15-12(18)10-6-11(17)16-13(14)21-10/h3-5,10H,6H2,1-2H3,(H,15,18)(H2,14,16,17)/t10-/m0/s1. The fourth-order valence-electron chi connectivity index (χ4n) is 1.80. The number of hydrogen-bond acceptors (Lipinski definition) is 6. The van der Waals surface area contributed by atoms with Gasteiger partial charge in [0.1, 0.15) is 16.7 Å². The predicted molar refractivity (Wildman–Crippen MR) is 80.8 cm³/mol. The Bertz CT molecular complexity index is 603. The van der Waals surface area contributed by atoms with E-state index >= 15 is 0 Å². The van der Waals surface area contributed by atoms with Gasteiger partial charge in [-0.25, -0.2) is 0 Å². The summed E-state index contributed by atoms with van der Waals surface area (Å²) in [6.45, 7) is 0. The molecule has 0 spiro atoms.